The highest BCUT2D eigenvalue weighted by Gasteiger charge is 2.34. The van der Waals surface area contributed by atoms with E-state index in [9.17, 15) is 0 Å². The fourth-order valence-corrected chi connectivity index (χ4v) is 3.56. The van der Waals surface area contributed by atoms with Gasteiger partial charge in [-0.05, 0) is 36.6 Å². The summed E-state index contributed by atoms with van der Waals surface area (Å²) in [4.78, 5) is 0. The van der Waals surface area contributed by atoms with Gasteiger partial charge in [0.1, 0.15) is 5.60 Å². The third-order valence-corrected chi connectivity index (χ3v) is 4.90. The molecule has 0 aromatic heterocycles. The molecule has 3 aromatic carbocycles. The van der Waals surface area contributed by atoms with Gasteiger partial charge in [0.2, 0.25) is 0 Å². The summed E-state index contributed by atoms with van der Waals surface area (Å²) in [5.41, 5.74) is 3.18. The molecule has 0 saturated heterocycles. The van der Waals surface area contributed by atoms with Crippen molar-refractivity contribution in [2.45, 2.75) is 18.9 Å². The van der Waals surface area contributed by atoms with Gasteiger partial charge in [0.15, 0.2) is 0 Å². The summed E-state index contributed by atoms with van der Waals surface area (Å²) in [7, 11) is 0. The van der Waals surface area contributed by atoms with Crippen molar-refractivity contribution in [1.29, 1.82) is 0 Å². The first kappa shape index (κ1) is 20.1. The van der Waals surface area contributed by atoms with E-state index in [1.807, 2.05) is 6.07 Å². The molecule has 0 aliphatic rings. The van der Waals surface area contributed by atoms with Crippen molar-refractivity contribution < 1.29 is 4.74 Å². The molecule has 1 N–H and O–H groups in total. The zero-order chi connectivity index (χ0) is 19.5. The highest BCUT2D eigenvalue weighted by Crippen LogP contribution is 2.36. The monoisotopic (exact) mass is 371 g/mol. The molecule has 0 saturated carbocycles. The van der Waals surface area contributed by atoms with E-state index in [-0.39, 0.29) is 0 Å². The predicted octanol–water partition coefficient (Wildman–Crippen LogP) is 5.66. The Balaban J connectivity index is 1.70. The number of ether oxygens (including phenoxy) is 1. The molecule has 0 bridgehead atoms. The fourth-order valence-electron chi connectivity index (χ4n) is 3.56. The third kappa shape index (κ3) is 5.19. The molecule has 3 rings (SSSR count). The summed E-state index contributed by atoms with van der Waals surface area (Å²) in [6, 6.07) is 31.5. The van der Waals surface area contributed by atoms with Crippen molar-refractivity contribution >= 4 is 6.08 Å². The molecule has 0 amide bonds. The van der Waals surface area contributed by atoms with E-state index in [1.54, 1.807) is 0 Å². The summed E-state index contributed by atoms with van der Waals surface area (Å²) < 4.78 is 6.42. The second-order valence-corrected chi connectivity index (χ2v) is 6.76. The lowest BCUT2D eigenvalue weighted by atomic mass is 9.83. The minimum atomic E-state index is -0.437. The first-order chi connectivity index (χ1) is 13.8. The molecular formula is C26H29NO. The fraction of sp³-hybridized carbons (Fsp3) is 0.231. The maximum atomic E-state index is 6.42. The molecule has 2 heteroatoms. The van der Waals surface area contributed by atoms with Gasteiger partial charge in [-0.1, -0.05) is 103 Å². The average Bonchev–Trinajstić information content (AvgIpc) is 2.77. The van der Waals surface area contributed by atoms with E-state index in [0.29, 0.717) is 6.61 Å². The highest BCUT2D eigenvalue weighted by atomic mass is 16.5. The van der Waals surface area contributed by atoms with Crippen molar-refractivity contribution in [2.75, 3.05) is 19.7 Å². The van der Waals surface area contributed by atoms with Crippen LogP contribution in [0.2, 0.25) is 0 Å². The van der Waals surface area contributed by atoms with Crippen LogP contribution in [0.1, 0.15) is 30.0 Å². The molecule has 3 aromatic rings. The molecule has 0 fully saturated rings. The van der Waals surface area contributed by atoms with Crippen LogP contribution >= 0.6 is 0 Å². The van der Waals surface area contributed by atoms with Gasteiger partial charge in [0, 0.05) is 13.2 Å². The molecule has 0 spiro atoms. The van der Waals surface area contributed by atoms with Gasteiger partial charge in [-0.2, -0.15) is 0 Å². The Kier molecular flexibility index (Phi) is 7.60. The molecular weight excluding hydrogens is 342 g/mol. The molecule has 0 heterocycles. The summed E-state index contributed by atoms with van der Waals surface area (Å²) in [6.45, 7) is 4.43. The molecule has 0 atom stereocenters. The molecule has 0 unspecified atom stereocenters. The van der Waals surface area contributed by atoms with Gasteiger partial charge >= 0.3 is 0 Å². The van der Waals surface area contributed by atoms with Crippen LogP contribution in [0.3, 0.4) is 0 Å². The molecule has 28 heavy (non-hydrogen) atoms. The van der Waals surface area contributed by atoms with Crippen molar-refractivity contribution in [2.24, 2.45) is 0 Å². The lowest BCUT2D eigenvalue weighted by Crippen LogP contribution is -2.35. The Bertz CT molecular complexity index is 789. The highest BCUT2D eigenvalue weighted by molar-refractivity contribution is 5.48. The van der Waals surface area contributed by atoms with E-state index in [2.05, 4.69) is 109 Å². The maximum absolute atomic E-state index is 6.42. The average molecular weight is 372 g/mol. The molecule has 0 radical (unpaired) electrons. The topological polar surface area (TPSA) is 21.3 Å². The standard InChI is InChI=1S/C26H29NO/c1-2-28-26(24-16-8-4-9-17-24,25-18-10-5-11-19-25)20-22-27-21-12-15-23-13-6-3-7-14-23/h3-19,27H,2,20-22H2,1H3/b15-12+. The van der Waals surface area contributed by atoms with Crippen LogP contribution in [0.5, 0.6) is 0 Å². The molecule has 0 aliphatic carbocycles. The molecule has 2 nitrogen and oxygen atoms in total. The SMILES string of the molecule is CCOC(CCNC/C=C/c1ccccc1)(c1ccccc1)c1ccccc1. The van der Waals surface area contributed by atoms with E-state index in [1.165, 1.54) is 16.7 Å². The minimum absolute atomic E-state index is 0.437. The van der Waals surface area contributed by atoms with E-state index >= 15 is 0 Å². The van der Waals surface area contributed by atoms with Crippen LogP contribution in [0, 0.1) is 0 Å². The van der Waals surface area contributed by atoms with E-state index in [4.69, 9.17) is 4.74 Å². The molecule has 0 aliphatic heterocycles. The summed E-state index contributed by atoms with van der Waals surface area (Å²) in [5.74, 6) is 0. The van der Waals surface area contributed by atoms with Crippen molar-refractivity contribution in [3.63, 3.8) is 0 Å². The van der Waals surface area contributed by atoms with Crippen LogP contribution in [-0.2, 0) is 10.3 Å². The van der Waals surface area contributed by atoms with Crippen LogP contribution in [0.25, 0.3) is 6.08 Å². The minimum Gasteiger partial charge on any atom is -0.366 e. The number of rotatable bonds is 10. The maximum Gasteiger partial charge on any atom is 0.119 e. The van der Waals surface area contributed by atoms with E-state index in [0.717, 1.165) is 19.5 Å². The van der Waals surface area contributed by atoms with Crippen molar-refractivity contribution in [3.05, 3.63) is 114 Å². The van der Waals surface area contributed by atoms with Gasteiger partial charge in [-0.3, -0.25) is 0 Å². The van der Waals surface area contributed by atoms with Crippen LogP contribution in [0.15, 0.2) is 97.1 Å². The lowest BCUT2D eigenvalue weighted by Gasteiger charge is -2.35. The predicted molar refractivity (Wildman–Crippen MR) is 118 cm³/mol. The summed E-state index contributed by atoms with van der Waals surface area (Å²) >= 11 is 0. The second kappa shape index (κ2) is 10.6. The van der Waals surface area contributed by atoms with E-state index < -0.39 is 5.60 Å². The normalized spacial score (nSPS) is 11.8. The number of hydrogen-bond donors (Lipinski definition) is 1. The van der Waals surface area contributed by atoms with Gasteiger partial charge in [-0.15, -0.1) is 0 Å². The van der Waals surface area contributed by atoms with Gasteiger partial charge in [0.05, 0.1) is 0 Å². The number of hydrogen-bond acceptors (Lipinski definition) is 2. The quantitative estimate of drug-likeness (QED) is 0.464. The number of benzene rings is 3. The van der Waals surface area contributed by atoms with Crippen LogP contribution in [-0.4, -0.2) is 19.7 Å². The Morgan fingerprint density at radius 3 is 1.86 bits per heavy atom. The zero-order valence-corrected chi connectivity index (χ0v) is 16.6. The van der Waals surface area contributed by atoms with Gasteiger partial charge < -0.3 is 10.1 Å². The Labute approximate surface area is 168 Å². The van der Waals surface area contributed by atoms with Crippen LogP contribution in [0.4, 0.5) is 0 Å². The van der Waals surface area contributed by atoms with Gasteiger partial charge in [0.25, 0.3) is 0 Å². The molecule has 144 valence electrons. The third-order valence-electron chi connectivity index (χ3n) is 4.90. The largest absolute Gasteiger partial charge is 0.366 e. The smallest absolute Gasteiger partial charge is 0.119 e. The van der Waals surface area contributed by atoms with Crippen molar-refractivity contribution in [1.82, 2.24) is 5.32 Å². The van der Waals surface area contributed by atoms with Crippen molar-refractivity contribution in [3.8, 4) is 0 Å². The Morgan fingerprint density at radius 1 is 0.786 bits per heavy atom. The van der Waals surface area contributed by atoms with Crippen LogP contribution < -0.4 is 5.32 Å². The number of nitrogens with one attached hydrogen (secondary N) is 1. The summed E-state index contributed by atoms with van der Waals surface area (Å²) in [5, 5.41) is 3.54. The second-order valence-electron chi connectivity index (χ2n) is 6.76. The Hall–Kier alpha value is -2.68. The first-order valence-corrected chi connectivity index (χ1v) is 10.0. The van der Waals surface area contributed by atoms with Gasteiger partial charge in [-0.25, -0.2) is 0 Å². The lowest BCUT2D eigenvalue weighted by molar-refractivity contribution is -0.0171. The Morgan fingerprint density at radius 2 is 1.32 bits per heavy atom. The first-order valence-electron chi connectivity index (χ1n) is 10.0. The summed E-state index contributed by atoms with van der Waals surface area (Å²) in [6.07, 6.45) is 5.19. The zero-order valence-electron chi connectivity index (χ0n) is 16.6.